The maximum absolute atomic E-state index is 9.44. The Morgan fingerprint density at radius 2 is 1.94 bits per heavy atom. The number of rotatable bonds is 3. The SMILES string of the molecule is Cc1cc(Br)cc(CO)c1OC1CCC(C)CC1. The van der Waals surface area contributed by atoms with Crippen molar-refractivity contribution in [3.8, 4) is 5.75 Å². The van der Waals surface area contributed by atoms with Gasteiger partial charge in [-0.05, 0) is 56.2 Å². The molecule has 0 spiro atoms. The van der Waals surface area contributed by atoms with E-state index < -0.39 is 0 Å². The van der Waals surface area contributed by atoms with Crippen LogP contribution in [0.1, 0.15) is 43.7 Å². The van der Waals surface area contributed by atoms with Crippen LogP contribution >= 0.6 is 15.9 Å². The highest BCUT2D eigenvalue weighted by atomic mass is 79.9. The van der Waals surface area contributed by atoms with E-state index in [1.54, 1.807) is 0 Å². The van der Waals surface area contributed by atoms with E-state index in [0.29, 0.717) is 6.10 Å². The van der Waals surface area contributed by atoms with Crippen molar-refractivity contribution in [2.45, 2.75) is 52.2 Å². The minimum absolute atomic E-state index is 0.0265. The van der Waals surface area contributed by atoms with Crippen LogP contribution in [0.15, 0.2) is 16.6 Å². The third-order valence-electron chi connectivity index (χ3n) is 3.73. The summed E-state index contributed by atoms with van der Waals surface area (Å²) in [7, 11) is 0. The first-order valence-electron chi connectivity index (χ1n) is 6.66. The zero-order valence-corrected chi connectivity index (χ0v) is 12.7. The maximum atomic E-state index is 9.44. The van der Waals surface area contributed by atoms with Crippen molar-refractivity contribution in [3.05, 3.63) is 27.7 Å². The van der Waals surface area contributed by atoms with Crippen LogP contribution in [0.5, 0.6) is 5.75 Å². The third kappa shape index (κ3) is 3.27. The van der Waals surface area contributed by atoms with Gasteiger partial charge in [0.2, 0.25) is 0 Å². The predicted molar refractivity (Wildman–Crippen MR) is 76.8 cm³/mol. The lowest BCUT2D eigenvalue weighted by Gasteiger charge is -2.28. The Balaban J connectivity index is 2.13. The van der Waals surface area contributed by atoms with Crippen molar-refractivity contribution in [1.82, 2.24) is 0 Å². The second-order valence-corrected chi connectivity index (χ2v) is 6.28. The van der Waals surface area contributed by atoms with Gasteiger partial charge in [-0.2, -0.15) is 0 Å². The van der Waals surface area contributed by atoms with Gasteiger partial charge in [-0.15, -0.1) is 0 Å². The molecule has 0 aromatic heterocycles. The van der Waals surface area contributed by atoms with E-state index in [2.05, 4.69) is 22.9 Å². The number of ether oxygens (including phenoxy) is 1. The van der Waals surface area contributed by atoms with Crippen molar-refractivity contribution in [1.29, 1.82) is 0 Å². The molecule has 0 amide bonds. The van der Waals surface area contributed by atoms with Crippen LogP contribution in [0, 0.1) is 12.8 Å². The molecule has 3 heteroatoms. The lowest BCUT2D eigenvalue weighted by molar-refractivity contribution is 0.131. The van der Waals surface area contributed by atoms with Crippen molar-refractivity contribution in [3.63, 3.8) is 0 Å². The Labute approximate surface area is 117 Å². The van der Waals surface area contributed by atoms with Gasteiger partial charge < -0.3 is 9.84 Å². The Morgan fingerprint density at radius 1 is 1.28 bits per heavy atom. The second-order valence-electron chi connectivity index (χ2n) is 5.37. The summed E-state index contributed by atoms with van der Waals surface area (Å²) in [6.07, 6.45) is 5.05. The molecule has 18 heavy (non-hydrogen) atoms. The fraction of sp³-hybridized carbons (Fsp3) is 0.600. The molecule has 100 valence electrons. The molecule has 1 aromatic carbocycles. The molecule has 0 saturated heterocycles. The van der Waals surface area contributed by atoms with E-state index in [1.807, 2.05) is 19.1 Å². The molecule has 1 aliphatic carbocycles. The predicted octanol–water partition coefficient (Wildman–Crippen LogP) is 4.21. The molecule has 0 aliphatic heterocycles. The molecule has 1 saturated carbocycles. The van der Waals surface area contributed by atoms with Crippen LogP contribution in [0.3, 0.4) is 0 Å². The van der Waals surface area contributed by atoms with Crippen LogP contribution in [0.25, 0.3) is 0 Å². The summed E-state index contributed by atoms with van der Waals surface area (Å²) in [6.45, 7) is 4.36. The highest BCUT2D eigenvalue weighted by molar-refractivity contribution is 9.10. The molecular weight excluding hydrogens is 292 g/mol. The average Bonchev–Trinajstić information content (AvgIpc) is 2.34. The quantitative estimate of drug-likeness (QED) is 0.906. The molecule has 0 heterocycles. The molecule has 2 rings (SSSR count). The van der Waals surface area contributed by atoms with Gasteiger partial charge in [0.1, 0.15) is 5.75 Å². The molecule has 1 fully saturated rings. The van der Waals surface area contributed by atoms with Gasteiger partial charge in [-0.25, -0.2) is 0 Å². The van der Waals surface area contributed by atoms with Gasteiger partial charge in [0, 0.05) is 10.0 Å². The fourth-order valence-corrected chi connectivity index (χ4v) is 3.22. The molecule has 0 radical (unpaired) electrons. The highest BCUT2D eigenvalue weighted by Gasteiger charge is 2.21. The zero-order chi connectivity index (χ0) is 13.1. The molecule has 1 N–H and O–H groups in total. The first kappa shape index (κ1) is 13.9. The Morgan fingerprint density at radius 3 is 2.56 bits per heavy atom. The van der Waals surface area contributed by atoms with Crippen molar-refractivity contribution < 1.29 is 9.84 Å². The first-order valence-corrected chi connectivity index (χ1v) is 7.46. The van der Waals surface area contributed by atoms with Crippen LogP contribution in [-0.2, 0) is 6.61 Å². The molecule has 0 bridgehead atoms. The normalized spacial score (nSPS) is 24.0. The number of aryl methyl sites for hydroxylation is 1. The number of benzene rings is 1. The number of hydrogen-bond acceptors (Lipinski definition) is 2. The number of aliphatic hydroxyl groups excluding tert-OH is 1. The summed E-state index contributed by atoms with van der Waals surface area (Å²) >= 11 is 3.45. The second kappa shape index (κ2) is 6.07. The van der Waals surface area contributed by atoms with Crippen LogP contribution in [0.4, 0.5) is 0 Å². The van der Waals surface area contributed by atoms with Gasteiger partial charge in [0.05, 0.1) is 12.7 Å². The Bertz CT molecular complexity index is 409. The summed E-state index contributed by atoms with van der Waals surface area (Å²) in [5, 5.41) is 9.44. The average molecular weight is 313 g/mol. The Hall–Kier alpha value is -0.540. The molecule has 2 nitrogen and oxygen atoms in total. The van der Waals surface area contributed by atoms with E-state index in [9.17, 15) is 5.11 Å². The topological polar surface area (TPSA) is 29.5 Å². The lowest BCUT2D eigenvalue weighted by Crippen LogP contribution is -2.23. The summed E-state index contributed by atoms with van der Waals surface area (Å²) < 4.78 is 7.12. The number of aliphatic hydroxyl groups is 1. The van der Waals surface area contributed by atoms with E-state index >= 15 is 0 Å². The third-order valence-corrected chi connectivity index (χ3v) is 4.19. The largest absolute Gasteiger partial charge is 0.490 e. The summed E-state index contributed by atoms with van der Waals surface area (Å²) in [4.78, 5) is 0. The van der Waals surface area contributed by atoms with Gasteiger partial charge >= 0.3 is 0 Å². The van der Waals surface area contributed by atoms with Crippen LogP contribution < -0.4 is 4.74 Å². The summed E-state index contributed by atoms with van der Waals surface area (Å²) in [6, 6.07) is 3.98. The molecule has 1 aliphatic rings. The Kier molecular flexibility index (Phi) is 4.68. The molecular formula is C15H21BrO2. The van der Waals surface area contributed by atoms with Gasteiger partial charge in [0.15, 0.2) is 0 Å². The van der Waals surface area contributed by atoms with Gasteiger partial charge in [-0.1, -0.05) is 22.9 Å². The minimum Gasteiger partial charge on any atom is -0.490 e. The van der Waals surface area contributed by atoms with Crippen molar-refractivity contribution in [2.75, 3.05) is 0 Å². The minimum atomic E-state index is 0.0265. The molecule has 0 unspecified atom stereocenters. The first-order chi connectivity index (χ1) is 8.60. The van der Waals surface area contributed by atoms with Gasteiger partial charge in [-0.3, -0.25) is 0 Å². The fourth-order valence-electron chi connectivity index (χ4n) is 2.60. The highest BCUT2D eigenvalue weighted by Crippen LogP contribution is 2.32. The zero-order valence-electron chi connectivity index (χ0n) is 11.1. The maximum Gasteiger partial charge on any atom is 0.128 e. The van der Waals surface area contributed by atoms with E-state index in [4.69, 9.17) is 4.74 Å². The van der Waals surface area contributed by atoms with E-state index in [1.165, 1.54) is 12.8 Å². The lowest BCUT2D eigenvalue weighted by atomic mass is 9.89. The number of halogens is 1. The van der Waals surface area contributed by atoms with Crippen molar-refractivity contribution >= 4 is 15.9 Å². The summed E-state index contributed by atoms with van der Waals surface area (Å²) in [5.74, 6) is 1.70. The number of hydrogen-bond donors (Lipinski definition) is 1. The molecule has 0 atom stereocenters. The van der Waals surface area contributed by atoms with E-state index in [-0.39, 0.29) is 6.61 Å². The monoisotopic (exact) mass is 312 g/mol. The van der Waals surface area contributed by atoms with Crippen LogP contribution in [-0.4, -0.2) is 11.2 Å². The van der Waals surface area contributed by atoms with Gasteiger partial charge in [0.25, 0.3) is 0 Å². The molecule has 1 aromatic rings. The van der Waals surface area contributed by atoms with Crippen molar-refractivity contribution in [2.24, 2.45) is 5.92 Å². The smallest absolute Gasteiger partial charge is 0.128 e. The van der Waals surface area contributed by atoms with E-state index in [0.717, 1.165) is 40.1 Å². The summed E-state index contributed by atoms with van der Waals surface area (Å²) in [5.41, 5.74) is 1.97. The standard InChI is InChI=1S/C15H21BrO2/c1-10-3-5-14(6-4-10)18-15-11(2)7-13(16)8-12(15)9-17/h7-8,10,14,17H,3-6,9H2,1-2H3. The van der Waals surface area contributed by atoms with Crippen LogP contribution in [0.2, 0.25) is 0 Å².